The summed E-state index contributed by atoms with van der Waals surface area (Å²) in [6.07, 6.45) is -9.88. The van der Waals surface area contributed by atoms with Gasteiger partial charge in [-0.1, -0.05) is 13.8 Å². The Balaban J connectivity index is 1.24. The van der Waals surface area contributed by atoms with E-state index in [1.54, 1.807) is 41.5 Å². The highest BCUT2D eigenvalue weighted by molar-refractivity contribution is 7.53. The minimum atomic E-state index is -5.06. The third-order valence-electron chi connectivity index (χ3n) is 11.2. The van der Waals surface area contributed by atoms with Gasteiger partial charge in [-0.25, -0.2) is 47.8 Å². The molecule has 0 bridgehead atoms. The fraction of sp³-hybridized carbons (Fsp3) is 0.657. The van der Waals surface area contributed by atoms with Gasteiger partial charge in [0.1, 0.15) is 42.0 Å². The van der Waals surface area contributed by atoms with Crippen LogP contribution in [-0.4, -0.2) is 114 Å². The van der Waals surface area contributed by atoms with Crippen molar-refractivity contribution in [3.63, 3.8) is 0 Å². The van der Waals surface area contributed by atoms with E-state index in [0.29, 0.717) is 12.8 Å². The molecule has 0 aliphatic carbocycles. The van der Waals surface area contributed by atoms with Crippen molar-refractivity contribution in [2.24, 2.45) is 10.8 Å². The standard InChI is InChI=1S/C35H48F2N10O13P2/c1-7-34(3,4)32(48)52-16-55-61(50)10-9-18-24(20(36)30(57-18)46-14-44-22-26(38)40-12-42-28(22)46)60-62(51,56-17-53-33(49)35(5,6)8-2)54-11-19-25(59-61)21(37)31(58-19)47-15-45-23-27(39)41-13-43-29(23)47/h12-15,18-21,24-25,30-31H,7-11,16-17H2,1-6H3,(H2,38,40,42)(H2,39,41,43)/t18-,19-,20-,21-,24-,25-,30-,31-,61?,62?/m1/s1. The molecule has 0 aromatic carbocycles. The van der Waals surface area contributed by atoms with Gasteiger partial charge in [-0.05, 0) is 47.0 Å². The van der Waals surface area contributed by atoms with Crippen LogP contribution in [0.4, 0.5) is 20.4 Å². The second-order valence-electron chi connectivity index (χ2n) is 16.0. The van der Waals surface area contributed by atoms with Crippen LogP contribution in [0.2, 0.25) is 0 Å². The van der Waals surface area contributed by atoms with Crippen molar-refractivity contribution in [1.29, 1.82) is 0 Å². The number of aromatic nitrogens is 8. The van der Waals surface area contributed by atoms with Crippen LogP contribution in [0.5, 0.6) is 0 Å². The van der Waals surface area contributed by atoms with Gasteiger partial charge < -0.3 is 30.4 Å². The molecule has 2 unspecified atom stereocenters. The van der Waals surface area contributed by atoms with E-state index in [9.17, 15) is 18.7 Å². The molecule has 340 valence electrons. The number of fused-ring (bicyclic) bond motifs is 4. The van der Waals surface area contributed by atoms with Crippen molar-refractivity contribution in [1.82, 2.24) is 39.0 Å². The van der Waals surface area contributed by atoms with Crippen molar-refractivity contribution in [2.45, 2.75) is 110 Å². The molecule has 7 rings (SSSR count). The Morgan fingerprint density at radius 1 is 0.758 bits per heavy atom. The Bertz CT molecular complexity index is 2230. The number of phosphoric ester groups is 1. The van der Waals surface area contributed by atoms with Gasteiger partial charge in [0.2, 0.25) is 13.6 Å². The molecule has 0 saturated carbocycles. The van der Waals surface area contributed by atoms with Gasteiger partial charge >= 0.3 is 27.4 Å². The number of hydrogen-bond donors (Lipinski definition) is 2. The van der Waals surface area contributed by atoms with Gasteiger partial charge in [0, 0.05) is 0 Å². The number of hydrogen-bond acceptors (Lipinski definition) is 21. The molecule has 0 spiro atoms. The van der Waals surface area contributed by atoms with Gasteiger partial charge in [0.15, 0.2) is 47.7 Å². The Hall–Kier alpha value is -4.32. The van der Waals surface area contributed by atoms with Crippen molar-refractivity contribution < 1.29 is 69.1 Å². The van der Waals surface area contributed by atoms with Crippen LogP contribution < -0.4 is 11.5 Å². The molecule has 0 radical (unpaired) electrons. The molecule has 10 atom stereocenters. The summed E-state index contributed by atoms with van der Waals surface area (Å²) in [5.74, 6) is -1.41. The van der Waals surface area contributed by atoms with Crippen molar-refractivity contribution in [3.05, 3.63) is 25.3 Å². The monoisotopic (exact) mass is 916 g/mol. The van der Waals surface area contributed by atoms with E-state index in [4.69, 9.17) is 53.0 Å². The number of nitrogen functional groups attached to an aromatic ring is 2. The molecular formula is C35H48F2N10O13P2. The fourth-order valence-electron chi connectivity index (χ4n) is 6.58. The van der Waals surface area contributed by atoms with Crippen LogP contribution in [0.15, 0.2) is 25.3 Å². The Kier molecular flexibility index (Phi) is 13.0. The number of alkyl halides is 2. The first-order valence-electron chi connectivity index (χ1n) is 19.6. The Labute approximate surface area is 352 Å². The highest BCUT2D eigenvalue weighted by Gasteiger charge is 2.56. The van der Waals surface area contributed by atoms with Crippen LogP contribution in [0.25, 0.3) is 22.3 Å². The first kappa shape index (κ1) is 45.7. The zero-order chi connectivity index (χ0) is 44.8. The smallest absolute Gasteiger partial charge is 0.438 e. The number of imidazole rings is 2. The van der Waals surface area contributed by atoms with Crippen LogP contribution in [0, 0.1) is 10.8 Å². The summed E-state index contributed by atoms with van der Waals surface area (Å²) in [5.41, 5.74) is 10.4. The summed E-state index contributed by atoms with van der Waals surface area (Å²) in [7, 11) is -9.68. The molecule has 3 aliphatic rings. The quantitative estimate of drug-likeness (QED) is 0.111. The molecule has 62 heavy (non-hydrogen) atoms. The van der Waals surface area contributed by atoms with Crippen molar-refractivity contribution in [2.75, 3.05) is 37.8 Å². The maximum Gasteiger partial charge on any atom is 0.478 e. The molecule has 7 heterocycles. The maximum atomic E-state index is 16.9. The lowest BCUT2D eigenvalue weighted by Crippen LogP contribution is -2.37. The number of nitrogens with zero attached hydrogens (tertiary/aromatic N) is 8. The molecule has 4 N–H and O–H groups in total. The van der Waals surface area contributed by atoms with E-state index in [-0.39, 0.29) is 34.0 Å². The minimum Gasteiger partial charge on any atom is -0.438 e. The predicted octanol–water partition coefficient (Wildman–Crippen LogP) is 4.70. The second-order valence-corrected chi connectivity index (χ2v) is 19.8. The lowest BCUT2D eigenvalue weighted by molar-refractivity contribution is -0.162. The molecule has 3 saturated heterocycles. The maximum absolute atomic E-state index is 16.9. The number of nitrogens with two attached hydrogens (primary N) is 2. The second kappa shape index (κ2) is 17.7. The summed E-state index contributed by atoms with van der Waals surface area (Å²) in [4.78, 5) is 50.1. The minimum absolute atomic E-state index is 0.00458. The first-order valence-corrected chi connectivity index (χ1v) is 22.8. The number of phosphoric acid groups is 1. The average Bonchev–Trinajstić information content (AvgIpc) is 4.01. The summed E-state index contributed by atoms with van der Waals surface area (Å²) >= 11 is 0. The fourth-order valence-corrected chi connectivity index (χ4v) is 9.54. The van der Waals surface area contributed by atoms with Gasteiger partial charge in [-0.2, -0.15) is 0 Å². The third kappa shape index (κ3) is 9.04. The zero-order valence-corrected chi connectivity index (χ0v) is 36.4. The lowest BCUT2D eigenvalue weighted by Gasteiger charge is -2.30. The molecular weight excluding hydrogens is 868 g/mol. The van der Waals surface area contributed by atoms with Gasteiger partial charge in [0.05, 0.1) is 42.4 Å². The summed E-state index contributed by atoms with van der Waals surface area (Å²) in [6.45, 7) is 7.32. The van der Waals surface area contributed by atoms with Gasteiger partial charge in [0.25, 0.3) is 0 Å². The Morgan fingerprint density at radius 3 is 1.76 bits per heavy atom. The number of carbonyl (C=O) groups excluding carboxylic acids is 2. The summed E-state index contributed by atoms with van der Waals surface area (Å²) < 4.78 is 117. The first-order chi connectivity index (χ1) is 29.3. The van der Waals surface area contributed by atoms with Crippen LogP contribution in [0.3, 0.4) is 0 Å². The predicted molar refractivity (Wildman–Crippen MR) is 210 cm³/mol. The van der Waals surface area contributed by atoms with E-state index in [0.717, 1.165) is 12.7 Å². The highest BCUT2D eigenvalue weighted by Crippen LogP contribution is 2.58. The largest absolute Gasteiger partial charge is 0.478 e. The average molecular weight is 917 g/mol. The van der Waals surface area contributed by atoms with Gasteiger partial charge in [-0.3, -0.25) is 41.4 Å². The van der Waals surface area contributed by atoms with Crippen LogP contribution in [0.1, 0.15) is 73.3 Å². The van der Waals surface area contributed by atoms with Crippen molar-refractivity contribution in [3.8, 4) is 0 Å². The van der Waals surface area contributed by atoms with Crippen molar-refractivity contribution >= 4 is 61.3 Å². The third-order valence-corrected chi connectivity index (χ3v) is 14.4. The number of halogens is 2. The van der Waals surface area contributed by atoms with Crippen LogP contribution in [-0.2, 0) is 60.3 Å². The molecule has 4 aromatic rings. The van der Waals surface area contributed by atoms with E-state index in [1.165, 1.54) is 21.8 Å². The number of esters is 2. The van der Waals surface area contributed by atoms with E-state index < -0.39 is 120 Å². The molecule has 4 aromatic heterocycles. The normalized spacial score (nSPS) is 31.0. The molecule has 23 nitrogen and oxygen atoms in total. The number of carbonyl (C=O) groups is 2. The molecule has 0 amide bonds. The number of ether oxygens (including phenoxy) is 4. The van der Waals surface area contributed by atoms with Gasteiger partial charge in [-0.15, -0.1) is 0 Å². The number of rotatable bonds is 12. The van der Waals surface area contributed by atoms with E-state index in [2.05, 4.69) is 29.9 Å². The summed E-state index contributed by atoms with van der Waals surface area (Å²) in [5, 5.41) is 0. The van der Waals surface area contributed by atoms with E-state index in [1.807, 2.05) is 0 Å². The lowest BCUT2D eigenvalue weighted by atomic mass is 9.91. The van der Waals surface area contributed by atoms with E-state index >= 15 is 8.78 Å². The summed E-state index contributed by atoms with van der Waals surface area (Å²) in [6, 6.07) is 0. The highest BCUT2D eigenvalue weighted by atomic mass is 31.2. The molecule has 3 aliphatic heterocycles. The SMILES string of the molecule is CCC(C)(C)C(=O)OCOP1(=O)CC[C@H]2O[C@@H](n3cnc4c(N)ncnc43)[C@H](F)[C@@H]2OP(=O)(OCOC(=O)C(C)(C)CC)OC[C@H]2O[C@@H](n3cnc4c(N)ncnc43)[C@H](F)[C@@H]2O1. The number of anilines is 2. The zero-order valence-electron chi connectivity index (χ0n) is 34.6. The molecule has 3 fully saturated rings. The Morgan fingerprint density at radius 2 is 1.24 bits per heavy atom. The topological polar surface area (TPSA) is 291 Å². The molecule has 27 heteroatoms. The van der Waals surface area contributed by atoms with Crippen LogP contribution >= 0.6 is 15.4 Å².